The Kier molecular flexibility index (Phi) is 1.84. The highest BCUT2D eigenvalue weighted by Crippen LogP contribution is 2.02. The van der Waals surface area contributed by atoms with Crippen LogP contribution in [0.4, 0.5) is 0 Å². The summed E-state index contributed by atoms with van der Waals surface area (Å²) < 4.78 is 0.634. The van der Waals surface area contributed by atoms with E-state index in [1.807, 2.05) is 0 Å². The number of rotatable bonds is 1. The molecule has 5 heteroatoms. The largest absolute Gasteiger partial charge is 0.710 e. The lowest BCUT2D eigenvalue weighted by Crippen LogP contribution is -2.30. The summed E-state index contributed by atoms with van der Waals surface area (Å²) in [6.07, 6.45) is 6.02. The van der Waals surface area contributed by atoms with Gasteiger partial charge in [0.1, 0.15) is 6.20 Å². The first-order valence-corrected chi connectivity index (χ1v) is 3.69. The predicted octanol–water partition coefficient (Wildman–Crippen LogP) is 0.172. The van der Waals surface area contributed by atoms with Crippen molar-refractivity contribution in [2.45, 2.75) is 0 Å². The van der Waals surface area contributed by atoms with Gasteiger partial charge in [0, 0.05) is 18.5 Å². The molecular weight excluding hydrogens is 168 g/mol. The van der Waals surface area contributed by atoms with Crippen LogP contribution in [-0.4, -0.2) is 15.0 Å². The van der Waals surface area contributed by atoms with E-state index in [9.17, 15) is 5.21 Å². The molecular formula is C8H6N4O. The molecule has 2 aromatic heterocycles. The quantitative estimate of drug-likeness (QED) is 0.456. The molecule has 13 heavy (non-hydrogen) atoms. The second-order valence-electron chi connectivity index (χ2n) is 2.34. The molecule has 0 N–H and O–H groups in total. The van der Waals surface area contributed by atoms with Crippen molar-refractivity contribution in [1.82, 2.24) is 15.0 Å². The van der Waals surface area contributed by atoms with Crippen LogP contribution in [0.25, 0.3) is 11.6 Å². The van der Waals surface area contributed by atoms with E-state index in [1.54, 1.807) is 24.5 Å². The monoisotopic (exact) mass is 174 g/mol. The van der Waals surface area contributed by atoms with Crippen molar-refractivity contribution in [3.8, 4) is 11.6 Å². The zero-order valence-corrected chi connectivity index (χ0v) is 6.66. The van der Waals surface area contributed by atoms with Crippen molar-refractivity contribution >= 4 is 0 Å². The van der Waals surface area contributed by atoms with Crippen LogP contribution in [0.3, 0.4) is 0 Å². The van der Waals surface area contributed by atoms with Crippen LogP contribution in [0.5, 0.6) is 0 Å². The molecule has 0 spiro atoms. The topological polar surface area (TPSA) is 65.6 Å². The fourth-order valence-corrected chi connectivity index (χ4v) is 0.929. The first-order chi connectivity index (χ1) is 6.38. The van der Waals surface area contributed by atoms with E-state index >= 15 is 0 Å². The minimum atomic E-state index is 0.211. The van der Waals surface area contributed by atoms with E-state index < -0.39 is 0 Å². The van der Waals surface area contributed by atoms with E-state index in [4.69, 9.17) is 0 Å². The van der Waals surface area contributed by atoms with Gasteiger partial charge in [0.15, 0.2) is 0 Å². The van der Waals surface area contributed by atoms with Crippen LogP contribution in [0, 0.1) is 5.21 Å². The molecule has 0 saturated carbocycles. The molecule has 0 unspecified atom stereocenters. The molecule has 0 fully saturated rings. The minimum Gasteiger partial charge on any atom is -0.710 e. The van der Waals surface area contributed by atoms with Crippen LogP contribution in [0.1, 0.15) is 0 Å². The second kappa shape index (κ2) is 3.14. The summed E-state index contributed by atoms with van der Waals surface area (Å²) in [6.45, 7) is 0. The first kappa shape index (κ1) is 7.60. The third-order valence-electron chi connectivity index (χ3n) is 1.48. The van der Waals surface area contributed by atoms with Gasteiger partial charge in [-0.25, -0.2) is 14.7 Å². The predicted molar refractivity (Wildman–Crippen MR) is 44.2 cm³/mol. The smallest absolute Gasteiger partial charge is 0.371 e. The third-order valence-corrected chi connectivity index (χ3v) is 1.48. The molecule has 2 heterocycles. The summed E-state index contributed by atoms with van der Waals surface area (Å²) in [5, 5.41) is 11.2. The van der Waals surface area contributed by atoms with Crippen LogP contribution in [-0.2, 0) is 0 Å². The summed E-state index contributed by atoms with van der Waals surface area (Å²) in [5.74, 6) is 0.543. The molecule has 5 nitrogen and oxygen atoms in total. The molecule has 0 bridgehead atoms. The standard InChI is InChI=1S/C8H6N4O/c13-12-6-2-5-11-8(12)7-9-3-1-4-10-7/h1-6H. The molecule has 0 amide bonds. The number of hydrogen-bond donors (Lipinski definition) is 0. The highest BCUT2D eigenvalue weighted by atomic mass is 16.5. The van der Waals surface area contributed by atoms with Gasteiger partial charge >= 0.3 is 5.82 Å². The second-order valence-corrected chi connectivity index (χ2v) is 2.34. The van der Waals surface area contributed by atoms with Crippen LogP contribution < -0.4 is 4.73 Å². The molecule has 64 valence electrons. The van der Waals surface area contributed by atoms with Gasteiger partial charge in [-0.2, -0.15) is 0 Å². The maximum absolute atomic E-state index is 11.2. The Balaban J connectivity index is 2.54. The molecule has 0 radical (unpaired) electrons. The highest BCUT2D eigenvalue weighted by molar-refractivity contribution is 5.36. The van der Waals surface area contributed by atoms with Gasteiger partial charge in [0.25, 0.3) is 0 Å². The first-order valence-electron chi connectivity index (χ1n) is 3.69. The van der Waals surface area contributed by atoms with E-state index in [-0.39, 0.29) is 5.82 Å². The van der Waals surface area contributed by atoms with E-state index in [2.05, 4.69) is 15.0 Å². The molecule has 0 saturated heterocycles. The molecule has 2 aromatic rings. The van der Waals surface area contributed by atoms with Crippen molar-refractivity contribution in [2.24, 2.45) is 0 Å². The van der Waals surface area contributed by atoms with Gasteiger partial charge in [0.2, 0.25) is 5.82 Å². The van der Waals surface area contributed by atoms with Gasteiger partial charge in [-0.15, -0.1) is 0 Å². The Labute approximate surface area is 74.3 Å². The highest BCUT2D eigenvalue weighted by Gasteiger charge is 2.11. The summed E-state index contributed by atoms with van der Waals surface area (Å²) in [5.41, 5.74) is 0. The number of nitrogens with zero attached hydrogens (tertiary/aromatic N) is 4. The molecule has 0 aliphatic rings. The van der Waals surface area contributed by atoms with Gasteiger partial charge in [0.05, 0.1) is 6.20 Å². The minimum absolute atomic E-state index is 0.211. The lowest BCUT2D eigenvalue weighted by Gasteiger charge is -2.01. The average molecular weight is 174 g/mol. The van der Waals surface area contributed by atoms with Crippen LogP contribution >= 0.6 is 0 Å². The van der Waals surface area contributed by atoms with Crippen LogP contribution in [0.15, 0.2) is 36.9 Å². The van der Waals surface area contributed by atoms with Gasteiger partial charge in [-0.1, -0.05) is 0 Å². The molecule has 0 aromatic carbocycles. The van der Waals surface area contributed by atoms with E-state index in [0.717, 1.165) is 0 Å². The summed E-state index contributed by atoms with van der Waals surface area (Å²) in [7, 11) is 0. The summed E-state index contributed by atoms with van der Waals surface area (Å²) in [4.78, 5) is 11.7. The van der Waals surface area contributed by atoms with E-state index in [1.165, 1.54) is 12.4 Å². The fourth-order valence-electron chi connectivity index (χ4n) is 0.929. The van der Waals surface area contributed by atoms with Gasteiger partial charge < -0.3 is 5.21 Å². The Bertz CT molecular complexity index is 404. The maximum atomic E-state index is 11.2. The zero-order chi connectivity index (χ0) is 9.10. The SMILES string of the molecule is [O-][n+]1cccnc1-c1ncccn1. The Morgan fingerprint density at radius 3 is 2.38 bits per heavy atom. The van der Waals surface area contributed by atoms with Crippen molar-refractivity contribution in [2.75, 3.05) is 0 Å². The lowest BCUT2D eigenvalue weighted by atomic mass is 10.5. The third kappa shape index (κ3) is 1.44. The molecule has 0 atom stereocenters. The van der Waals surface area contributed by atoms with Crippen molar-refractivity contribution in [1.29, 1.82) is 0 Å². The number of hydrogen-bond acceptors (Lipinski definition) is 4. The zero-order valence-electron chi connectivity index (χ0n) is 6.66. The maximum Gasteiger partial charge on any atom is 0.371 e. The summed E-state index contributed by atoms with van der Waals surface area (Å²) in [6, 6.07) is 3.24. The number of aromatic nitrogens is 4. The van der Waals surface area contributed by atoms with Gasteiger partial charge in [-0.3, -0.25) is 0 Å². The Morgan fingerprint density at radius 1 is 1.00 bits per heavy atom. The Hall–Kier alpha value is -2.04. The fraction of sp³-hybridized carbons (Fsp3) is 0. The lowest BCUT2D eigenvalue weighted by molar-refractivity contribution is -0.597. The summed E-state index contributed by atoms with van der Waals surface area (Å²) >= 11 is 0. The van der Waals surface area contributed by atoms with Gasteiger partial charge in [-0.05, 0) is 11.1 Å². The molecule has 0 aliphatic heterocycles. The average Bonchev–Trinajstić information content (AvgIpc) is 2.20. The van der Waals surface area contributed by atoms with Crippen molar-refractivity contribution in [3.05, 3.63) is 42.1 Å². The molecule has 2 rings (SSSR count). The van der Waals surface area contributed by atoms with Crippen LogP contribution in [0.2, 0.25) is 0 Å². The van der Waals surface area contributed by atoms with E-state index in [0.29, 0.717) is 10.6 Å². The Morgan fingerprint density at radius 2 is 1.69 bits per heavy atom. The molecule has 0 aliphatic carbocycles. The van der Waals surface area contributed by atoms with Crippen molar-refractivity contribution < 1.29 is 4.73 Å². The normalized spacial score (nSPS) is 9.85. The van der Waals surface area contributed by atoms with Crippen molar-refractivity contribution in [3.63, 3.8) is 0 Å².